The summed E-state index contributed by atoms with van der Waals surface area (Å²) in [5.74, 6) is -0.870. The van der Waals surface area contributed by atoms with Crippen LogP contribution in [0, 0.1) is 0 Å². The van der Waals surface area contributed by atoms with Crippen LogP contribution >= 0.6 is 11.3 Å². The second-order valence-electron chi connectivity index (χ2n) is 8.22. The van der Waals surface area contributed by atoms with E-state index in [0.717, 1.165) is 40.8 Å². The molecule has 0 fully saturated rings. The molecular weight excluding hydrogens is 406 g/mol. The van der Waals surface area contributed by atoms with E-state index in [2.05, 4.69) is 15.5 Å². The summed E-state index contributed by atoms with van der Waals surface area (Å²) in [7, 11) is 0. The van der Waals surface area contributed by atoms with Gasteiger partial charge in [0.15, 0.2) is 0 Å². The van der Waals surface area contributed by atoms with E-state index in [1.165, 1.54) is 28.4 Å². The smallest absolute Gasteiger partial charge is 0.341 e. The van der Waals surface area contributed by atoms with E-state index in [-0.39, 0.29) is 6.54 Å². The molecule has 1 aliphatic rings. The number of aryl methyl sites for hydroxylation is 1. The summed E-state index contributed by atoms with van der Waals surface area (Å²) in [5.41, 5.74) is 0.679. The molecule has 0 saturated heterocycles. The minimum Gasteiger partial charge on any atom is -0.456 e. The maximum absolute atomic E-state index is 12.9. The average molecular weight is 430 g/mol. The number of hydrogen-bond acceptors (Lipinski definition) is 7. The van der Waals surface area contributed by atoms with E-state index in [1.807, 2.05) is 20.8 Å². The number of carbonyl (C=O) groups excluding carboxylic acids is 2. The maximum atomic E-state index is 12.9. The van der Waals surface area contributed by atoms with Gasteiger partial charge in [-0.2, -0.15) is 10.2 Å². The highest BCUT2D eigenvalue weighted by atomic mass is 32.1. The van der Waals surface area contributed by atoms with Gasteiger partial charge in [-0.15, -0.1) is 11.3 Å². The van der Waals surface area contributed by atoms with Crippen molar-refractivity contribution >= 4 is 33.7 Å². The monoisotopic (exact) mass is 429 g/mol. The number of esters is 1. The van der Waals surface area contributed by atoms with Crippen LogP contribution in [0.25, 0.3) is 5.52 Å². The van der Waals surface area contributed by atoms with Crippen molar-refractivity contribution in [2.24, 2.45) is 0 Å². The summed E-state index contributed by atoms with van der Waals surface area (Å²) in [6.07, 6.45) is 6.59. The molecule has 10 heteroatoms. The first kappa shape index (κ1) is 20.3. The second-order valence-corrected chi connectivity index (χ2v) is 9.33. The summed E-state index contributed by atoms with van der Waals surface area (Å²) < 4.78 is 8.01. The van der Waals surface area contributed by atoms with E-state index in [0.29, 0.717) is 16.1 Å². The Kier molecular flexibility index (Phi) is 5.19. The van der Waals surface area contributed by atoms with Gasteiger partial charge < -0.3 is 10.1 Å². The fraction of sp³-hybridized carbons (Fsp3) is 0.450. The van der Waals surface area contributed by atoms with Crippen molar-refractivity contribution in [1.29, 1.82) is 0 Å². The van der Waals surface area contributed by atoms with E-state index >= 15 is 0 Å². The molecule has 3 aromatic rings. The Labute approximate surface area is 176 Å². The average Bonchev–Trinajstić information content (AvgIpc) is 3.27. The summed E-state index contributed by atoms with van der Waals surface area (Å²) in [4.78, 5) is 39.1. The summed E-state index contributed by atoms with van der Waals surface area (Å²) >= 11 is 1.41. The van der Waals surface area contributed by atoms with Crippen LogP contribution in [0.1, 0.15) is 54.4 Å². The molecule has 158 valence electrons. The number of ether oxygens (including phenoxy) is 1. The van der Waals surface area contributed by atoms with E-state index in [1.54, 1.807) is 6.07 Å². The third-order valence-electron chi connectivity index (χ3n) is 4.74. The first-order chi connectivity index (χ1) is 14.2. The first-order valence-corrected chi connectivity index (χ1v) is 10.6. The number of thiophene rings is 1. The fourth-order valence-electron chi connectivity index (χ4n) is 3.49. The van der Waals surface area contributed by atoms with Gasteiger partial charge in [0.1, 0.15) is 29.0 Å². The van der Waals surface area contributed by atoms with Crippen molar-refractivity contribution in [3.05, 3.63) is 44.9 Å². The lowest BCUT2D eigenvalue weighted by molar-refractivity contribution is -0.117. The third-order valence-corrected chi connectivity index (χ3v) is 5.95. The standard InChI is InChI=1S/C20H23N5O4S/c1-20(2,3)29-19(28)16-12-6-4-5-7-14(12)30-17(16)23-15(26)10-24-18(27)13-8-9-21-25(13)11-22-24/h8-9,11H,4-7,10H2,1-3H3,(H,23,26). The number of amides is 1. The molecule has 0 spiro atoms. The van der Waals surface area contributed by atoms with E-state index in [9.17, 15) is 14.4 Å². The van der Waals surface area contributed by atoms with Gasteiger partial charge in [0, 0.05) is 4.88 Å². The number of nitrogens with one attached hydrogen (secondary N) is 1. The first-order valence-electron chi connectivity index (χ1n) is 9.80. The summed E-state index contributed by atoms with van der Waals surface area (Å²) in [6.45, 7) is 5.17. The highest BCUT2D eigenvalue weighted by molar-refractivity contribution is 7.17. The molecule has 1 N–H and O–H groups in total. The predicted octanol–water partition coefficient (Wildman–Crippen LogP) is 2.43. The molecule has 0 bridgehead atoms. The zero-order valence-corrected chi connectivity index (χ0v) is 17.9. The van der Waals surface area contributed by atoms with Crippen LogP contribution < -0.4 is 10.9 Å². The Morgan fingerprint density at radius 2 is 2.00 bits per heavy atom. The number of aromatic nitrogens is 4. The molecular formula is C20H23N5O4S. The van der Waals surface area contributed by atoms with Crippen LogP contribution in [0.2, 0.25) is 0 Å². The lowest BCUT2D eigenvalue weighted by Crippen LogP contribution is -2.31. The van der Waals surface area contributed by atoms with Crippen LogP contribution in [0.4, 0.5) is 5.00 Å². The van der Waals surface area contributed by atoms with E-state index < -0.39 is 23.0 Å². The van der Waals surface area contributed by atoms with Gasteiger partial charge in [0.25, 0.3) is 5.56 Å². The maximum Gasteiger partial charge on any atom is 0.341 e. The molecule has 9 nitrogen and oxygen atoms in total. The zero-order valence-electron chi connectivity index (χ0n) is 17.1. The SMILES string of the molecule is CC(C)(C)OC(=O)c1c(NC(=O)Cn2ncn3nccc3c2=O)sc2c1CCCC2. The van der Waals surface area contributed by atoms with Gasteiger partial charge in [-0.25, -0.2) is 14.0 Å². The summed E-state index contributed by atoms with van der Waals surface area (Å²) in [5, 5.41) is 11.2. The number of fused-ring (bicyclic) bond motifs is 2. The zero-order chi connectivity index (χ0) is 21.5. The summed E-state index contributed by atoms with van der Waals surface area (Å²) in [6, 6.07) is 1.56. The largest absolute Gasteiger partial charge is 0.456 e. The molecule has 0 unspecified atom stereocenters. The minimum absolute atomic E-state index is 0.267. The Bertz CT molecular complexity index is 1180. The number of rotatable bonds is 4. The topological polar surface area (TPSA) is 108 Å². The lowest BCUT2D eigenvalue weighted by Gasteiger charge is -2.21. The van der Waals surface area contributed by atoms with Crippen LogP contribution in [0.15, 0.2) is 23.4 Å². The highest BCUT2D eigenvalue weighted by Crippen LogP contribution is 2.39. The fourth-order valence-corrected chi connectivity index (χ4v) is 4.78. The number of anilines is 1. The second kappa shape index (κ2) is 7.67. The Hall–Kier alpha value is -3.01. The predicted molar refractivity (Wildman–Crippen MR) is 112 cm³/mol. The van der Waals surface area contributed by atoms with E-state index in [4.69, 9.17) is 4.74 Å². The third kappa shape index (κ3) is 4.00. The van der Waals surface area contributed by atoms with Crippen molar-refractivity contribution in [3.8, 4) is 0 Å². The van der Waals surface area contributed by atoms with Gasteiger partial charge in [-0.3, -0.25) is 9.59 Å². The molecule has 0 saturated carbocycles. The molecule has 1 amide bonds. The van der Waals surface area contributed by atoms with Crippen molar-refractivity contribution < 1.29 is 14.3 Å². The van der Waals surface area contributed by atoms with Gasteiger partial charge in [0.2, 0.25) is 5.91 Å². The normalized spacial score (nSPS) is 13.8. The van der Waals surface area contributed by atoms with Crippen LogP contribution in [-0.2, 0) is 28.9 Å². The number of carbonyl (C=O) groups is 2. The minimum atomic E-state index is -0.639. The molecule has 0 aliphatic heterocycles. The molecule has 0 radical (unpaired) electrons. The molecule has 4 rings (SSSR count). The van der Waals surface area contributed by atoms with Crippen molar-refractivity contribution in [2.45, 2.75) is 58.6 Å². The van der Waals surface area contributed by atoms with Gasteiger partial charge in [0.05, 0.1) is 11.8 Å². The van der Waals surface area contributed by atoms with Crippen molar-refractivity contribution in [2.75, 3.05) is 5.32 Å². The molecule has 0 aromatic carbocycles. The molecule has 3 heterocycles. The lowest BCUT2D eigenvalue weighted by atomic mass is 9.95. The number of hydrogen-bond donors (Lipinski definition) is 1. The Morgan fingerprint density at radius 3 is 2.77 bits per heavy atom. The molecule has 3 aromatic heterocycles. The van der Waals surface area contributed by atoms with Crippen molar-refractivity contribution in [1.82, 2.24) is 19.4 Å². The van der Waals surface area contributed by atoms with Gasteiger partial charge in [-0.05, 0) is 58.1 Å². The van der Waals surface area contributed by atoms with Crippen LogP contribution in [0.3, 0.4) is 0 Å². The van der Waals surface area contributed by atoms with Crippen LogP contribution in [-0.4, -0.2) is 36.9 Å². The highest BCUT2D eigenvalue weighted by Gasteiger charge is 2.29. The Balaban J connectivity index is 1.61. The molecule has 1 aliphatic carbocycles. The molecule has 30 heavy (non-hydrogen) atoms. The van der Waals surface area contributed by atoms with Gasteiger partial charge >= 0.3 is 5.97 Å². The van der Waals surface area contributed by atoms with Crippen molar-refractivity contribution in [3.63, 3.8) is 0 Å². The number of nitrogens with zero attached hydrogens (tertiary/aromatic N) is 4. The van der Waals surface area contributed by atoms with Crippen LogP contribution in [0.5, 0.6) is 0 Å². The quantitative estimate of drug-likeness (QED) is 0.638. The van der Waals surface area contributed by atoms with Gasteiger partial charge in [-0.1, -0.05) is 0 Å². The molecule has 0 atom stereocenters. The Morgan fingerprint density at radius 1 is 1.23 bits per heavy atom.